The molecule has 0 bridgehead atoms. The Morgan fingerprint density at radius 1 is 1.00 bits per heavy atom. The summed E-state index contributed by atoms with van der Waals surface area (Å²) >= 11 is 5.96. The van der Waals surface area contributed by atoms with Gasteiger partial charge in [0.1, 0.15) is 17.4 Å². The molecule has 2 rings (SSSR count). The summed E-state index contributed by atoms with van der Waals surface area (Å²) in [6.07, 6.45) is 0. The monoisotopic (exact) mass is 438 g/mol. The normalized spacial score (nSPS) is 9.23. The van der Waals surface area contributed by atoms with E-state index >= 15 is 0 Å². The van der Waals surface area contributed by atoms with Gasteiger partial charge in [-0.2, -0.15) is 0 Å². The Balaban J connectivity index is 0.000000326. The van der Waals surface area contributed by atoms with Gasteiger partial charge in [-0.3, -0.25) is 0 Å². The number of phenols is 1. The molecule has 0 saturated carbocycles. The molecule has 2 aromatic rings. The summed E-state index contributed by atoms with van der Waals surface area (Å²) in [4.78, 5) is 0. The Morgan fingerprint density at radius 2 is 1.45 bits per heavy atom. The van der Waals surface area contributed by atoms with Crippen LogP contribution in [0.15, 0.2) is 45.3 Å². The van der Waals surface area contributed by atoms with Gasteiger partial charge in [-0.1, -0.05) is 18.2 Å². The van der Waals surface area contributed by atoms with Gasteiger partial charge in [-0.15, -0.1) is 0 Å². The highest BCUT2D eigenvalue weighted by molar-refractivity contribution is 9.10. The Hall–Kier alpha value is -0.980. The second kappa shape index (κ2) is 11.6. The maximum atomic E-state index is 12.5. The minimum absolute atomic E-state index is 0.0741. The quantitative estimate of drug-likeness (QED) is 0.604. The predicted octanol–water partition coefficient (Wildman–Crippen LogP) is 5.84. The molecule has 0 aliphatic rings. The third-order valence-electron chi connectivity index (χ3n) is 2.36. The van der Waals surface area contributed by atoms with Gasteiger partial charge in [-0.25, -0.2) is 8.78 Å². The number of benzene rings is 2. The topological polar surface area (TPSA) is 29.5 Å². The molecule has 0 unspecified atom stereocenters. The van der Waals surface area contributed by atoms with Crippen molar-refractivity contribution in [3.63, 3.8) is 0 Å². The Morgan fingerprint density at radius 3 is 1.77 bits per heavy atom. The number of methoxy groups -OCH3 is 1. The van der Waals surface area contributed by atoms with Crippen LogP contribution in [0.3, 0.4) is 0 Å². The van der Waals surface area contributed by atoms with Gasteiger partial charge in [0.05, 0.1) is 8.95 Å². The molecule has 6 heteroatoms. The van der Waals surface area contributed by atoms with E-state index in [0.29, 0.717) is 4.47 Å². The van der Waals surface area contributed by atoms with Crippen LogP contribution in [0.25, 0.3) is 0 Å². The molecule has 0 aliphatic heterocycles. The molecule has 0 radical (unpaired) electrons. The summed E-state index contributed by atoms with van der Waals surface area (Å²) < 4.78 is 30.1. The minimum atomic E-state index is -0.449. The summed E-state index contributed by atoms with van der Waals surface area (Å²) in [6.45, 7) is 4.63. The van der Waals surface area contributed by atoms with Crippen molar-refractivity contribution in [3.05, 3.63) is 62.5 Å². The van der Waals surface area contributed by atoms with E-state index in [0.717, 1.165) is 12.2 Å². The molecular weight excluding hydrogens is 422 g/mol. The second-order valence-corrected chi connectivity index (χ2v) is 5.61. The first kappa shape index (κ1) is 21.0. The molecule has 0 aromatic heterocycles. The molecule has 0 heterocycles. The smallest absolute Gasteiger partial charge is 0.141 e. The van der Waals surface area contributed by atoms with Crippen molar-refractivity contribution < 1.29 is 18.6 Å². The average molecular weight is 440 g/mol. The first-order valence-electron chi connectivity index (χ1n) is 6.37. The van der Waals surface area contributed by atoms with Crippen LogP contribution in [-0.2, 0) is 4.74 Å². The third kappa shape index (κ3) is 7.87. The van der Waals surface area contributed by atoms with Crippen molar-refractivity contribution in [1.82, 2.24) is 0 Å². The number of hydrogen-bond acceptors (Lipinski definition) is 2. The van der Waals surface area contributed by atoms with Crippen molar-refractivity contribution in [2.24, 2.45) is 0 Å². The van der Waals surface area contributed by atoms with Crippen LogP contribution in [0, 0.1) is 18.6 Å². The number of aryl methyl sites for hydroxylation is 1. The zero-order chi connectivity index (χ0) is 17.1. The van der Waals surface area contributed by atoms with Gasteiger partial charge in [0.15, 0.2) is 0 Å². The zero-order valence-corrected chi connectivity index (χ0v) is 15.7. The van der Waals surface area contributed by atoms with Gasteiger partial charge in [0.2, 0.25) is 0 Å². The molecular formula is C16H18Br2F2O2. The maximum Gasteiger partial charge on any atom is 0.141 e. The van der Waals surface area contributed by atoms with Crippen LogP contribution in [0.2, 0.25) is 0 Å². The highest BCUT2D eigenvalue weighted by atomic mass is 79.9. The molecule has 0 atom stereocenters. The Bertz CT molecular complexity index is 486. The number of aromatic hydroxyl groups is 1. The molecule has 2 nitrogen and oxygen atoms in total. The molecule has 2 aromatic carbocycles. The lowest BCUT2D eigenvalue weighted by Gasteiger charge is -1.95. The fraction of sp³-hybridized carbons (Fsp3) is 0.250. The fourth-order valence-corrected chi connectivity index (χ4v) is 1.63. The van der Waals surface area contributed by atoms with Crippen LogP contribution in [-0.4, -0.2) is 18.8 Å². The molecule has 0 saturated heterocycles. The number of phenolic OH excluding ortho intramolecular Hbond substituents is 1. The van der Waals surface area contributed by atoms with Crippen molar-refractivity contribution in [2.45, 2.75) is 13.8 Å². The summed E-state index contributed by atoms with van der Waals surface area (Å²) in [5, 5.41) is 8.81. The van der Waals surface area contributed by atoms with E-state index in [4.69, 9.17) is 5.11 Å². The summed E-state index contributed by atoms with van der Waals surface area (Å²) in [6, 6.07) is 9.09. The lowest BCUT2D eigenvalue weighted by atomic mass is 10.2. The summed E-state index contributed by atoms with van der Waals surface area (Å²) in [7, 11) is 1.68. The van der Waals surface area contributed by atoms with Crippen molar-refractivity contribution in [3.8, 4) is 5.75 Å². The molecule has 122 valence electrons. The third-order valence-corrected chi connectivity index (χ3v) is 4.15. The van der Waals surface area contributed by atoms with Crippen molar-refractivity contribution in [2.75, 3.05) is 13.7 Å². The van der Waals surface area contributed by atoms with Crippen LogP contribution in [0.5, 0.6) is 5.75 Å². The minimum Gasteiger partial charge on any atom is -0.507 e. The molecule has 0 fully saturated rings. The fourth-order valence-electron chi connectivity index (χ4n) is 1.10. The zero-order valence-electron chi connectivity index (χ0n) is 12.5. The van der Waals surface area contributed by atoms with E-state index in [1.165, 1.54) is 24.3 Å². The van der Waals surface area contributed by atoms with Crippen LogP contribution in [0.4, 0.5) is 8.78 Å². The highest BCUT2D eigenvalue weighted by Gasteiger charge is 2.00. The van der Waals surface area contributed by atoms with Gasteiger partial charge < -0.3 is 9.84 Å². The molecule has 22 heavy (non-hydrogen) atoms. The summed E-state index contributed by atoms with van der Waals surface area (Å²) in [5.41, 5.74) is 0.926. The first-order chi connectivity index (χ1) is 10.3. The predicted molar refractivity (Wildman–Crippen MR) is 92.2 cm³/mol. The first-order valence-corrected chi connectivity index (χ1v) is 7.96. The molecule has 0 amide bonds. The number of hydrogen-bond donors (Lipinski definition) is 1. The van der Waals surface area contributed by atoms with Crippen LogP contribution >= 0.6 is 31.9 Å². The van der Waals surface area contributed by atoms with E-state index in [9.17, 15) is 8.78 Å². The van der Waals surface area contributed by atoms with Gasteiger partial charge in [-0.05, 0) is 69.5 Å². The lowest BCUT2D eigenvalue weighted by Crippen LogP contribution is -1.79. The van der Waals surface area contributed by atoms with Gasteiger partial charge >= 0.3 is 0 Å². The maximum absolute atomic E-state index is 12.5. The van der Waals surface area contributed by atoms with Crippen molar-refractivity contribution in [1.29, 1.82) is 0 Å². The standard InChI is InChI=1S/C7H6BrF.C6H4BrFO.C3H8O/c1-5-3-2-4-6(9)7(5)8;7-6-4(8)2-1-3-5(6)9;1-3-4-2/h2-4H,1H3;1-3,9H;3H2,1-2H3. The van der Waals surface area contributed by atoms with E-state index in [1.807, 2.05) is 19.9 Å². The van der Waals surface area contributed by atoms with E-state index in [1.54, 1.807) is 13.2 Å². The Kier molecular flexibility index (Phi) is 11.1. The van der Waals surface area contributed by atoms with E-state index in [-0.39, 0.29) is 16.0 Å². The van der Waals surface area contributed by atoms with Gasteiger partial charge in [0, 0.05) is 13.7 Å². The number of ether oxygens (including phenoxy) is 1. The summed E-state index contributed by atoms with van der Waals surface area (Å²) in [5.74, 6) is -0.722. The van der Waals surface area contributed by atoms with Crippen LogP contribution < -0.4 is 0 Å². The largest absolute Gasteiger partial charge is 0.507 e. The SMILES string of the molecule is CCOC.Cc1cccc(F)c1Br.Oc1cccc(F)c1Br. The van der Waals surface area contributed by atoms with E-state index < -0.39 is 5.82 Å². The molecule has 1 N–H and O–H groups in total. The number of rotatable bonds is 1. The average Bonchev–Trinajstić information content (AvgIpc) is 2.51. The highest BCUT2D eigenvalue weighted by Crippen LogP contribution is 2.25. The number of halogens is 4. The second-order valence-electron chi connectivity index (χ2n) is 4.02. The lowest BCUT2D eigenvalue weighted by molar-refractivity contribution is 0.215. The van der Waals surface area contributed by atoms with Crippen molar-refractivity contribution >= 4 is 31.9 Å². The van der Waals surface area contributed by atoms with Crippen LogP contribution in [0.1, 0.15) is 12.5 Å². The Labute approximate surface area is 146 Å². The van der Waals surface area contributed by atoms with Gasteiger partial charge in [0.25, 0.3) is 0 Å². The molecule has 0 spiro atoms. The van der Waals surface area contributed by atoms with E-state index in [2.05, 4.69) is 36.6 Å². The molecule has 0 aliphatic carbocycles.